The molecule has 0 radical (unpaired) electrons. The lowest BCUT2D eigenvalue weighted by Gasteiger charge is -2.36. The van der Waals surface area contributed by atoms with Gasteiger partial charge in [0.15, 0.2) is 0 Å². The summed E-state index contributed by atoms with van der Waals surface area (Å²) >= 11 is 0. The number of phenols is 1. The Kier molecular flexibility index (Phi) is 5.14. The van der Waals surface area contributed by atoms with Gasteiger partial charge in [-0.05, 0) is 48.2 Å². The van der Waals surface area contributed by atoms with E-state index in [1.165, 1.54) is 0 Å². The van der Waals surface area contributed by atoms with Crippen molar-refractivity contribution in [3.05, 3.63) is 66.5 Å². The molecular weight excluding hydrogens is 368 g/mol. The van der Waals surface area contributed by atoms with E-state index in [4.69, 9.17) is 10.5 Å². The van der Waals surface area contributed by atoms with Crippen molar-refractivity contribution >= 4 is 17.5 Å². The second-order valence-corrected chi connectivity index (χ2v) is 7.10. The van der Waals surface area contributed by atoms with Crippen LogP contribution in [0.15, 0.2) is 60.9 Å². The second-order valence-electron chi connectivity index (χ2n) is 7.10. The van der Waals surface area contributed by atoms with E-state index in [9.17, 15) is 9.90 Å². The summed E-state index contributed by atoms with van der Waals surface area (Å²) < 4.78 is 5.53. The molecule has 0 saturated carbocycles. The Morgan fingerprint density at radius 2 is 1.59 bits per heavy atom. The maximum absolute atomic E-state index is 13.3. The van der Waals surface area contributed by atoms with Crippen LogP contribution in [0, 0.1) is 0 Å². The van der Waals surface area contributed by atoms with Crippen LogP contribution >= 0.6 is 0 Å². The van der Waals surface area contributed by atoms with Crippen molar-refractivity contribution in [1.29, 1.82) is 0 Å². The van der Waals surface area contributed by atoms with E-state index in [2.05, 4.69) is 15.3 Å². The van der Waals surface area contributed by atoms with Crippen molar-refractivity contribution in [1.82, 2.24) is 9.97 Å². The molecule has 4 rings (SSSR count). The van der Waals surface area contributed by atoms with Gasteiger partial charge in [0, 0.05) is 36.9 Å². The van der Waals surface area contributed by atoms with Crippen molar-refractivity contribution in [2.24, 2.45) is 0 Å². The molecule has 0 atom stereocenters. The molecule has 1 amide bonds. The Hall–Kier alpha value is -3.45. The van der Waals surface area contributed by atoms with Gasteiger partial charge in [0.25, 0.3) is 0 Å². The topological polar surface area (TPSA) is 110 Å². The summed E-state index contributed by atoms with van der Waals surface area (Å²) in [5.74, 6) is 0.318. The predicted molar refractivity (Wildman–Crippen MR) is 110 cm³/mol. The third kappa shape index (κ3) is 3.90. The molecule has 0 aliphatic carbocycles. The van der Waals surface area contributed by atoms with Gasteiger partial charge >= 0.3 is 0 Å². The van der Waals surface area contributed by atoms with Gasteiger partial charge < -0.3 is 20.9 Å². The number of benzene rings is 2. The Balaban J connectivity index is 1.62. The number of nitrogens with one attached hydrogen (secondary N) is 1. The summed E-state index contributed by atoms with van der Waals surface area (Å²) in [5, 5.41) is 12.4. The van der Waals surface area contributed by atoms with Gasteiger partial charge in [0.1, 0.15) is 5.75 Å². The molecule has 2 heterocycles. The maximum Gasteiger partial charge on any atom is 0.235 e. The molecule has 29 heavy (non-hydrogen) atoms. The van der Waals surface area contributed by atoms with Crippen molar-refractivity contribution in [2.45, 2.75) is 18.3 Å². The van der Waals surface area contributed by atoms with E-state index in [0.29, 0.717) is 31.7 Å². The highest BCUT2D eigenvalue weighted by Gasteiger charge is 2.41. The van der Waals surface area contributed by atoms with Crippen LogP contribution < -0.4 is 11.1 Å². The maximum atomic E-state index is 13.3. The second kappa shape index (κ2) is 7.89. The molecule has 0 unspecified atom stereocenters. The third-order valence-corrected chi connectivity index (χ3v) is 5.35. The molecule has 1 aliphatic rings. The SMILES string of the molecule is Nc1ncc(-c2ccc(C3(C(=O)Nc4ccc(O)cc4)CCOCC3)cc2)cn1. The van der Waals surface area contributed by atoms with Crippen molar-refractivity contribution in [2.75, 3.05) is 24.3 Å². The number of carbonyl (C=O) groups excluding carboxylic acids is 1. The molecular formula is C22H22N4O3. The lowest BCUT2D eigenvalue weighted by molar-refractivity contribution is -0.125. The minimum Gasteiger partial charge on any atom is -0.508 e. The first kappa shape index (κ1) is 18.9. The quantitative estimate of drug-likeness (QED) is 0.591. The van der Waals surface area contributed by atoms with Crippen LogP contribution in [0.5, 0.6) is 5.75 Å². The number of nitrogen functional groups attached to an aromatic ring is 1. The number of ether oxygens (including phenoxy) is 1. The number of rotatable bonds is 4. The van der Waals surface area contributed by atoms with Crippen LogP contribution in [-0.4, -0.2) is 34.2 Å². The number of hydrogen-bond donors (Lipinski definition) is 3. The average Bonchev–Trinajstić information content (AvgIpc) is 2.76. The number of aromatic nitrogens is 2. The highest BCUT2D eigenvalue weighted by atomic mass is 16.5. The minimum absolute atomic E-state index is 0.0740. The Morgan fingerprint density at radius 1 is 0.966 bits per heavy atom. The van der Waals surface area contributed by atoms with E-state index >= 15 is 0 Å². The van der Waals surface area contributed by atoms with Gasteiger partial charge in [-0.25, -0.2) is 9.97 Å². The van der Waals surface area contributed by atoms with Gasteiger partial charge in [-0.2, -0.15) is 0 Å². The number of nitrogens with zero attached hydrogens (tertiary/aromatic N) is 2. The van der Waals surface area contributed by atoms with Crippen LogP contribution in [0.1, 0.15) is 18.4 Å². The van der Waals surface area contributed by atoms with Crippen molar-refractivity contribution < 1.29 is 14.6 Å². The van der Waals surface area contributed by atoms with Crippen LogP contribution in [0.25, 0.3) is 11.1 Å². The first-order valence-electron chi connectivity index (χ1n) is 9.43. The number of carbonyl (C=O) groups is 1. The number of phenolic OH excluding ortho intramolecular Hbond substituents is 1. The predicted octanol–water partition coefficient (Wildman–Crippen LogP) is 3.12. The summed E-state index contributed by atoms with van der Waals surface area (Å²) in [7, 11) is 0. The number of aromatic hydroxyl groups is 1. The Labute approximate surface area is 168 Å². The number of amides is 1. The van der Waals surface area contributed by atoms with Gasteiger partial charge in [0.2, 0.25) is 11.9 Å². The molecule has 1 saturated heterocycles. The molecule has 4 N–H and O–H groups in total. The first-order chi connectivity index (χ1) is 14.1. The molecule has 2 aromatic carbocycles. The summed E-state index contributed by atoms with van der Waals surface area (Å²) in [6.07, 6.45) is 4.56. The van der Waals surface area contributed by atoms with E-state index < -0.39 is 5.41 Å². The monoisotopic (exact) mass is 390 g/mol. The van der Waals surface area contributed by atoms with Crippen LogP contribution in [-0.2, 0) is 14.9 Å². The summed E-state index contributed by atoms with van der Waals surface area (Å²) in [5.41, 5.74) is 8.29. The van der Waals surface area contributed by atoms with Gasteiger partial charge in [0.05, 0.1) is 5.41 Å². The smallest absolute Gasteiger partial charge is 0.235 e. The minimum atomic E-state index is -0.674. The third-order valence-electron chi connectivity index (χ3n) is 5.35. The molecule has 1 aromatic heterocycles. The molecule has 1 aliphatic heterocycles. The summed E-state index contributed by atoms with van der Waals surface area (Å²) in [6.45, 7) is 1.05. The number of nitrogens with two attached hydrogens (primary N) is 1. The fourth-order valence-electron chi connectivity index (χ4n) is 3.63. The largest absolute Gasteiger partial charge is 0.508 e. The van der Waals surface area contributed by atoms with Gasteiger partial charge in [-0.15, -0.1) is 0 Å². The zero-order valence-corrected chi connectivity index (χ0v) is 15.8. The fourth-order valence-corrected chi connectivity index (χ4v) is 3.63. The highest BCUT2D eigenvalue weighted by Crippen LogP contribution is 2.37. The summed E-state index contributed by atoms with van der Waals surface area (Å²) in [6, 6.07) is 14.4. The van der Waals surface area contributed by atoms with Gasteiger partial charge in [-0.1, -0.05) is 24.3 Å². The lowest BCUT2D eigenvalue weighted by Crippen LogP contribution is -2.44. The normalized spacial score (nSPS) is 15.6. The van der Waals surface area contributed by atoms with Crippen LogP contribution in [0.2, 0.25) is 0 Å². The van der Waals surface area contributed by atoms with E-state index in [0.717, 1.165) is 16.7 Å². The molecule has 7 heteroatoms. The first-order valence-corrected chi connectivity index (χ1v) is 9.43. The molecule has 148 valence electrons. The van der Waals surface area contributed by atoms with Crippen LogP contribution in [0.4, 0.5) is 11.6 Å². The Bertz CT molecular complexity index is 980. The zero-order valence-electron chi connectivity index (χ0n) is 15.8. The average molecular weight is 390 g/mol. The zero-order chi connectivity index (χ0) is 20.3. The highest BCUT2D eigenvalue weighted by molar-refractivity contribution is 5.99. The summed E-state index contributed by atoms with van der Waals surface area (Å²) in [4.78, 5) is 21.4. The molecule has 0 spiro atoms. The van der Waals surface area contributed by atoms with Gasteiger partial charge in [-0.3, -0.25) is 4.79 Å². The number of anilines is 2. The standard InChI is InChI=1S/C22H22N4O3/c23-21-24-13-16(14-25-21)15-1-3-17(4-2-15)22(9-11-29-12-10-22)20(28)26-18-5-7-19(27)8-6-18/h1-8,13-14,27H,9-12H2,(H,26,28)(H2,23,24,25). The number of hydrogen-bond acceptors (Lipinski definition) is 6. The molecule has 7 nitrogen and oxygen atoms in total. The lowest BCUT2D eigenvalue weighted by atomic mass is 9.73. The van der Waals surface area contributed by atoms with Crippen molar-refractivity contribution in [3.8, 4) is 16.9 Å². The van der Waals surface area contributed by atoms with E-state index in [-0.39, 0.29) is 17.6 Å². The molecule has 3 aromatic rings. The Morgan fingerprint density at radius 3 is 2.21 bits per heavy atom. The molecule has 1 fully saturated rings. The van der Waals surface area contributed by atoms with E-state index in [1.54, 1.807) is 36.7 Å². The fraction of sp³-hybridized carbons (Fsp3) is 0.227. The van der Waals surface area contributed by atoms with Crippen LogP contribution in [0.3, 0.4) is 0 Å². The molecule has 0 bridgehead atoms. The van der Waals surface area contributed by atoms with E-state index in [1.807, 2.05) is 24.3 Å². The van der Waals surface area contributed by atoms with Crippen molar-refractivity contribution in [3.63, 3.8) is 0 Å².